The third-order valence-corrected chi connectivity index (χ3v) is 3.31. The van der Waals surface area contributed by atoms with Crippen molar-refractivity contribution >= 4 is 17.6 Å². The lowest BCUT2D eigenvalue weighted by Gasteiger charge is -2.15. The molecule has 0 aromatic heterocycles. The van der Waals surface area contributed by atoms with E-state index in [-0.39, 0.29) is 12.3 Å². The average molecular weight is 337 g/mol. The molecule has 0 aliphatic carbocycles. The first-order chi connectivity index (χ1) is 11.4. The standard InChI is InChI=1S/C17H27N3O4/c1-4-24-14-8-6-13(7-9-14)19-16(21)12-15(17(22)23)18-10-5-11-20(2)3/h6-9,15,18H,4-5,10-12H2,1-3H3,(H,19,21)(H,22,23)/t15-/m0/s1. The number of anilines is 1. The van der Waals surface area contributed by atoms with Gasteiger partial charge in [-0.05, 0) is 64.8 Å². The van der Waals surface area contributed by atoms with Gasteiger partial charge in [-0.25, -0.2) is 0 Å². The van der Waals surface area contributed by atoms with E-state index in [0.717, 1.165) is 18.7 Å². The molecule has 0 heterocycles. The second-order valence-corrected chi connectivity index (χ2v) is 5.71. The Morgan fingerprint density at radius 3 is 2.46 bits per heavy atom. The second kappa shape index (κ2) is 10.6. The van der Waals surface area contributed by atoms with E-state index >= 15 is 0 Å². The third-order valence-electron chi connectivity index (χ3n) is 3.31. The SMILES string of the molecule is CCOc1ccc(NC(=O)C[C@H](NCCCN(C)C)C(=O)O)cc1. The van der Waals surface area contributed by atoms with Gasteiger partial charge >= 0.3 is 5.97 Å². The van der Waals surface area contributed by atoms with E-state index in [2.05, 4.69) is 10.6 Å². The molecular weight excluding hydrogens is 310 g/mol. The molecule has 1 amide bonds. The van der Waals surface area contributed by atoms with E-state index in [4.69, 9.17) is 4.74 Å². The number of carboxylic acid groups (broad SMARTS) is 1. The molecule has 3 N–H and O–H groups in total. The molecule has 0 saturated heterocycles. The van der Waals surface area contributed by atoms with Gasteiger partial charge in [0.15, 0.2) is 0 Å². The third kappa shape index (κ3) is 7.94. The molecule has 0 radical (unpaired) electrons. The quantitative estimate of drug-likeness (QED) is 0.529. The predicted molar refractivity (Wildman–Crippen MR) is 93.5 cm³/mol. The maximum atomic E-state index is 12.0. The van der Waals surface area contributed by atoms with Crippen LogP contribution in [0.4, 0.5) is 5.69 Å². The zero-order valence-electron chi connectivity index (χ0n) is 14.5. The Balaban J connectivity index is 2.45. The summed E-state index contributed by atoms with van der Waals surface area (Å²) in [6.07, 6.45) is 0.696. The second-order valence-electron chi connectivity index (χ2n) is 5.71. The monoisotopic (exact) mass is 337 g/mol. The number of rotatable bonds is 11. The summed E-state index contributed by atoms with van der Waals surface area (Å²) in [5.74, 6) is -0.644. The maximum Gasteiger partial charge on any atom is 0.321 e. The van der Waals surface area contributed by atoms with Gasteiger partial charge in [-0.15, -0.1) is 0 Å². The zero-order valence-corrected chi connectivity index (χ0v) is 14.5. The summed E-state index contributed by atoms with van der Waals surface area (Å²) in [4.78, 5) is 25.3. The minimum atomic E-state index is -1.03. The van der Waals surface area contributed by atoms with E-state index in [1.54, 1.807) is 24.3 Å². The van der Waals surface area contributed by atoms with Crippen LogP contribution in [0, 0.1) is 0 Å². The summed E-state index contributed by atoms with van der Waals surface area (Å²) in [7, 11) is 3.91. The highest BCUT2D eigenvalue weighted by Gasteiger charge is 2.20. The Kier molecular flexibility index (Phi) is 8.81. The van der Waals surface area contributed by atoms with Gasteiger partial charge in [0, 0.05) is 5.69 Å². The summed E-state index contributed by atoms with van der Waals surface area (Å²) in [5, 5.41) is 14.8. The fourth-order valence-corrected chi connectivity index (χ4v) is 2.12. The predicted octanol–water partition coefficient (Wildman–Crippen LogP) is 1.41. The summed E-state index contributed by atoms with van der Waals surface area (Å²) >= 11 is 0. The molecule has 0 aliphatic rings. The molecule has 134 valence electrons. The van der Waals surface area contributed by atoms with Crippen LogP contribution in [-0.4, -0.2) is 61.7 Å². The first-order valence-corrected chi connectivity index (χ1v) is 8.06. The Morgan fingerprint density at radius 1 is 1.25 bits per heavy atom. The van der Waals surface area contributed by atoms with Crippen LogP contribution in [0.5, 0.6) is 5.75 Å². The fourth-order valence-electron chi connectivity index (χ4n) is 2.12. The molecule has 0 unspecified atom stereocenters. The number of hydrogen-bond acceptors (Lipinski definition) is 5. The van der Waals surface area contributed by atoms with Crippen molar-refractivity contribution in [3.8, 4) is 5.75 Å². The maximum absolute atomic E-state index is 12.0. The highest BCUT2D eigenvalue weighted by atomic mass is 16.5. The summed E-state index contributed by atoms with van der Waals surface area (Å²) in [5.41, 5.74) is 0.611. The van der Waals surface area contributed by atoms with Gasteiger partial charge in [-0.3, -0.25) is 9.59 Å². The zero-order chi connectivity index (χ0) is 17.9. The van der Waals surface area contributed by atoms with Crippen molar-refractivity contribution in [1.29, 1.82) is 0 Å². The van der Waals surface area contributed by atoms with Gasteiger partial charge in [0.2, 0.25) is 5.91 Å². The van der Waals surface area contributed by atoms with Gasteiger partial charge in [-0.2, -0.15) is 0 Å². The number of benzene rings is 1. The molecule has 0 saturated carbocycles. The van der Waals surface area contributed by atoms with Gasteiger partial charge in [0.1, 0.15) is 11.8 Å². The number of amides is 1. The largest absolute Gasteiger partial charge is 0.494 e. The number of nitrogens with zero attached hydrogens (tertiary/aromatic N) is 1. The van der Waals surface area contributed by atoms with Crippen LogP contribution in [0.1, 0.15) is 19.8 Å². The molecule has 0 aliphatic heterocycles. The molecule has 1 aromatic carbocycles. The van der Waals surface area contributed by atoms with Crippen molar-refractivity contribution in [2.75, 3.05) is 39.1 Å². The number of carbonyl (C=O) groups is 2. The molecular formula is C17H27N3O4. The lowest BCUT2D eigenvalue weighted by molar-refractivity contribution is -0.141. The molecule has 0 bridgehead atoms. The van der Waals surface area contributed by atoms with Crippen LogP contribution >= 0.6 is 0 Å². The highest BCUT2D eigenvalue weighted by molar-refractivity contribution is 5.94. The lowest BCUT2D eigenvalue weighted by Crippen LogP contribution is -2.40. The van der Waals surface area contributed by atoms with E-state index in [1.807, 2.05) is 25.9 Å². The van der Waals surface area contributed by atoms with E-state index in [9.17, 15) is 14.7 Å². The van der Waals surface area contributed by atoms with Crippen molar-refractivity contribution in [2.45, 2.75) is 25.8 Å². The minimum Gasteiger partial charge on any atom is -0.494 e. The Bertz CT molecular complexity index is 517. The Hall–Kier alpha value is -2.12. The van der Waals surface area contributed by atoms with Crippen molar-refractivity contribution in [1.82, 2.24) is 10.2 Å². The number of carboxylic acids is 1. The molecule has 7 heteroatoms. The van der Waals surface area contributed by atoms with Gasteiger partial charge < -0.3 is 25.4 Å². The number of carbonyl (C=O) groups excluding carboxylic acids is 1. The van der Waals surface area contributed by atoms with Crippen LogP contribution in [0.3, 0.4) is 0 Å². The normalized spacial score (nSPS) is 12.0. The molecule has 0 spiro atoms. The van der Waals surface area contributed by atoms with E-state index < -0.39 is 12.0 Å². The molecule has 1 aromatic rings. The van der Waals surface area contributed by atoms with Crippen molar-refractivity contribution < 1.29 is 19.4 Å². The number of nitrogens with one attached hydrogen (secondary N) is 2. The van der Waals surface area contributed by atoms with Crippen molar-refractivity contribution in [3.05, 3.63) is 24.3 Å². The number of aliphatic carboxylic acids is 1. The topological polar surface area (TPSA) is 90.9 Å². The average Bonchev–Trinajstić information content (AvgIpc) is 2.52. The fraction of sp³-hybridized carbons (Fsp3) is 0.529. The van der Waals surface area contributed by atoms with Crippen LogP contribution < -0.4 is 15.4 Å². The highest BCUT2D eigenvalue weighted by Crippen LogP contribution is 2.15. The van der Waals surface area contributed by atoms with Crippen molar-refractivity contribution in [2.24, 2.45) is 0 Å². The molecule has 7 nitrogen and oxygen atoms in total. The summed E-state index contributed by atoms with van der Waals surface area (Å²) in [6.45, 7) is 3.88. The number of hydrogen-bond donors (Lipinski definition) is 3. The minimum absolute atomic E-state index is 0.121. The van der Waals surface area contributed by atoms with Crippen molar-refractivity contribution in [3.63, 3.8) is 0 Å². The van der Waals surface area contributed by atoms with E-state index in [0.29, 0.717) is 18.8 Å². The van der Waals surface area contributed by atoms with E-state index in [1.165, 1.54) is 0 Å². The Morgan fingerprint density at radius 2 is 1.92 bits per heavy atom. The first-order valence-electron chi connectivity index (χ1n) is 8.06. The van der Waals surface area contributed by atoms with Crippen LogP contribution in [0.25, 0.3) is 0 Å². The molecule has 24 heavy (non-hydrogen) atoms. The van der Waals surface area contributed by atoms with Gasteiger partial charge in [-0.1, -0.05) is 0 Å². The van der Waals surface area contributed by atoms with Gasteiger partial charge in [0.25, 0.3) is 0 Å². The van der Waals surface area contributed by atoms with Crippen LogP contribution in [0.2, 0.25) is 0 Å². The molecule has 0 fully saturated rings. The summed E-state index contributed by atoms with van der Waals surface area (Å²) in [6, 6.07) is 6.07. The molecule has 1 rings (SSSR count). The summed E-state index contributed by atoms with van der Waals surface area (Å²) < 4.78 is 5.33. The first kappa shape index (κ1) is 19.9. The molecule has 1 atom stereocenters. The van der Waals surface area contributed by atoms with Crippen LogP contribution in [-0.2, 0) is 9.59 Å². The van der Waals surface area contributed by atoms with Crippen LogP contribution in [0.15, 0.2) is 24.3 Å². The number of ether oxygens (including phenoxy) is 1. The Labute approximate surface area is 143 Å². The smallest absolute Gasteiger partial charge is 0.321 e. The lowest BCUT2D eigenvalue weighted by atomic mass is 10.2. The van der Waals surface area contributed by atoms with Gasteiger partial charge in [0.05, 0.1) is 13.0 Å².